The Labute approximate surface area is 125 Å². The fourth-order valence-electron chi connectivity index (χ4n) is 2.45. The second-order valence-corrected chi connectivity index (χ2v) is 5.37. The van der Waals surface area contributed by atoms with Crippen molar-refractivity contribution in [2.45, 2.75) is 25.4 Å². The minimum Gasteiger partial charge on any atom is -0.492 e. The van der Waals surface area contributed by atoms with Crippen molar-refractivity contribution in [3.63, 3.8) is 0 Å². The minimum atomic E-state index is 0.514. The predicted molar refractivity (Wildman–Crippen MR) is 83.7 cm³/mol. The third kappa shape index (κ3) is 3.76. The zero-order valence-corrected chi connectivity index (χ0v) is 12.1. The lowest BCUT2D eigenvalue weighted by atomic mass is 10.0. The van der Waals surface area contributed by atoms with E-state index in [0.29, 0.717) is 19.8 Å². The fourth-order valence-corrected chi connectivity index (χ4v) is 2.45. The highest BCUT2D eigenvalue weighted by molar-refractivity contribution is 5.35. The molecule has 0 aliphatic heterocycles. The molecule has 1 aliphatic rings. The SMILES string of the molecule is NCCOc1cccc(OCc2ccccc2C2CC2)c1. The topological polar surface area (TPSA) is 44.5 Å². The van der Waals surface area contributed by atoms with E-state index in [1.807, 2.05) is 24.3 Å². The number of benzene rings is 2. The van der Waals surface area contributed by atoms with E-state index >= 15 is 0 Å². The Bertz CT molecular complexity index is 593. The molecule has 21 heavy (non-hydrogen) atoms. The number of ether oxygens (including phenoxy) is 2. The molecule has 0 unspecified atom stereocenters. The Hall–Kier alpha value is -2.00. The summed E-state index contributed by atoms with van der Waals surface area (Å²) in [4.78, 5) is 0. The average molecular weight is 283 g/mol. The third-order valence-electron chi connectivity index (χ3n) is 3.66. The minimum absolute atomic E-state index is 0.514. The molecule has 0 aromatic heterocycles. The number of rotatable bonds is 7. The van der Waals surface area contributed by atoms with E-state index < -0.39 is 0 Å². The molecule has 2 N–H and O–H groups in total. The van der Waals surface area contributed by atoms with Crippen LogP contribution in [0.4, 0.5) is 0 Å². The molecule has 0 amide bonds. The summed E-state index contributed by atoms with van der Waals surface area (Å²) in [6.07, 6.45) is 2.61. The predicted octanol–water partition coefficient (Wildman–Crippen LogP) is 3.48. The zero-order chi connectivity index (χ0) is 14.5. The normalized spacial score (nSPS) is 14.0. The van der Waals surface area contributed by atoms with Crippen molar-refractivity contribution in [1.82, 2.24) is 0 Å². The number of hydrogen-bond donors (Lipinski definition) is 1. The van der Waals surface area contributed by atoms with Gasteiger partial charge in [-0.1, -0.05) is 30.3 Å². The Kier molecular flexibility index (Phi) is 4.41. The summed E-state index contributed by atoms with van der Waals surface area (Å²) in [7, 11) is 0. The second-order valence-electron chi connectivity index (χ2n) is 5.37. The van der Waals surface area contributed by atoms with E-state index in [2.05, 4.69) is 24.3 Å². The van der Waals surface area contributed by atoms with Crippen molar-refractivity contribution in [1.29, 1.82) is 0 Å². The Balaban J connectivity index is 1.65. The number of nitrogens with two attached hydrogens (primary N) is 1. The smallest absolute Gasteiger partial charge is 0.123 e. The highest BCUT2D eigenvalue weighted by atomic mass is 16.5. The summed E-state index contributed by atoms with van der Waals surface area (Å²) in [5, 5.41) is 0. The molecule has 3 nitrogen and oxygen atoms in total. The molecule has 2 aromatic rings. The largest absolute Gasteiger partial charge is 0.492 e. The lowest BCUT2D eigenvalue weighted by Gasteiger charge is -2.11. The molecule has 110 valence electrons. The number of hydrogen-bond acceptors (Lipinski definition) is 3. The van der Waals surface area contributed by atoms with Crippen LogP contribution >= 0.6 is 0 Å². The van der Waals surface area contributed by atoms with Crippen molar-refractivity contribution in [2.24, 2.45) is 5.73 Å². The Morgan fingerprint density at radius 2 is 1.71 bits per heavy atom. The van der Waals surface area contributed by atoms with Gasteiger partial charge in [-0.3, -0.25) is 0 Å². The molecule has 0 heterocycles. The molecule has 1 fully saturated rings. The summed E-state index contributed by atoms with van der Waals surface area (Å²) >= 11 is 0. The highest BCUT2D eigenvalue weighted by Crippen LogP contribution is 2.41. The highest BCUT2D eigenvalue weighted by Gasteiger charge is 2.25. The summed E-state index contributed by atoms with van der Waals surface area (Å²) in [5.74, 6) is 2.37. The van der Waals surface area contributed by atoms with E-state index in [0.717, 1.165) is 17.4 Å². The van der Waals surface area contributed by atoms with Gasteiger partial charge in [0.2, 0.25) is 0 Å². The van der Waals surface area contributed by atoms with Crippen molar-refractivity contribution < 1.29 is 9.47 Å². The molecule has 1 saturated carbocycles. The molecule has 1 aliphatic carbocycles. The lowest BCUT2D eigenvalue weighted by Crippen LogP contribution is -2.10. The van der Waals surface area contributed by atoms with Gasteiger partial charge in [-0.15, -0.1) is 0 Å². The van der Waals surface area contributed by atoms with Crippen LogP contribution in [0.25, 0.3) is 0 Å². The van der Waals surface area contributed by atoms with Gasteiger partial charge in [0.15, 0.2) is 0 Å². The van der Waals surface area contributed by atoms with Gasteiger partial charge >= 0.3 is 0 Å². The van der Waals surface area contributed by atoms with E-state index in [9.17, 15) is 0 Å². The van der Waals surface area contributed by atoms with Gasteiger partial charge in [-0.2, -0.15) is 0 Å². The van der Waals surface area contributed by atoms with Gasteiger partial charge in [-0.05, 0) is 42.0 Å². The summed E-state index contributed by atoms with van der Waals surface area (Å²) in [5.41, 5.74) is 8.17. The van der Waals surface area contributed by atoms with Gasteiger partial charge in [0.05, 0.1) is 0 Å². The second kappa shape index (κ2) is 6.64. The van der Waals surface area contributed by atoms with E-state index in [-0.39, 0.29) is 0 Å². The van der Waals surface area contributed by atoms with E-state index in [1.165, 1.54) is 24.0 Å². The lowest BCUT2D eigenvalue weighted by molar-refractivity contribution is 0.296. The monoisotopic (exact) mass is 283 g/mol. The van der Waals surface area contributed by atoms with Gasteiger partial charge < -0.3 is 15.2 Å². The zero-order valence-electron chi connectivity index (χ0n) is 12.1. The Morgan fingerprint density at radius 3 is 2.48 bits per heavy atom. The quantitative estimate of drug-likeness (QED) is 0.846. The Morgan fingerprint density at radius 1 is 0.952 bits per heavy atom. The summed E-state index contributed by atoms with van der Waals surface area (Å²) in [6, 6.07) is 16.3. The van der Waals surface area contributed by atoms with Crippen LogP contribution in [-0.2, 0) is 6.61 Å². The van der Waals surface area contributed by atoms with Crippen molar-refractivity contribution in [2.75, 3.05) is 13.2 Å². The van der Waals surface area contributed by atoms with Crippen LogP contribution in [0.5, 0.6) is 11.5 Å². The standard InChI is InChI=1S/C18H21NO2/c19-10-11-20-16-5-3-6-17(12-16)21-13-15-4-1-2-7-18(15)14-8-9-14/h1-7,12,14H,8-11,13,19H2. The molecular formula is C18H21NO2. The van der Waals surface area contributed by atoms with Gasteiger partial charge in [-0.25, -0.2) is 0 Å². The first-order chi connectivity index (χ1) is 10.4. The molecule has 0 atom stereocenters. The van der Waals surface area contributed by atoms with Crippen LogP contribution in [0.15, 0.2) is 48.5 Å². The molecule has 0 saturated heterocycles. The first kappa shape index (κ1) is 14.0. The van der Waals surface area contributed by atoms with Crippen LogP contribution in [0.3, 0.4) is 0 Å². The fraction of sp³-hybridized carbons (Fsp3) is 0.333. The first-order valence-corrected chi connectivity index (χ1v) is 7.50. The molecule has 2 aromatic carbocycles. The molecule has 3 heteroatoms. The average Bonchev–Trinajstić information content (AvgIpc) is 3.36. The maximum Gasteiger partial charge on any atom is 0.123 e. The molecule has 3 rings (SSSR count). The van der Waals surface area contributed by atoms with Crippen molar-refractivity contribution in [3.05, 3.63) is 59.7 Å². The van der Waals surface area contributed by atoms with Crippen LogP contribution in [0.2, 0.25) is 0 Å². The molecule has 0 bridgehead atoms. The van der Waals surface area contributed by atoms with Gasteiger partial charge in [0, 0.05) is 12.6 Å². The van der Waals surface area contributed by atoms with Crippen LogP contribution in [-0.4, -0.2) is 13.2 Å². The summed E-state index contributed by atoms with van der Waals surface area (Å²) in [6.45, 7) is 1.64. The van der Waals surface area contributed by atoms with Crippen LogP contribution < -0.4 is 15.2 Å². The molecule has 0 radical (unpaired) electrons. The third-order valence-corrected chi connectivity index (χ3v) is 3.66. The molecule has 0 spiro atoms. The van der Waals surface area contributed by atoms with Crippen molar-refractivity contribution in [3.8, 4) is 11.5 Å². The van der Waals surface area contributed by atoms with E-state index in [1.54, 1.807) is 0 Å². The van der Waals surface area contributed by atoms with Gasteiger partial charge in [0.1, 0.15) is 24.7 Å². The van der Waals surface area contributed by atoms with Crippen LogP contribution in [0, 0.1) is 0 Å². The van der Waals surface area contributed by atoms with Gasteiger partial charge in [0.25, 0.3) is 0 Å². The van der Waals surface area contributed by atoms with Crippen molar-refractivity contribution >= 4 is 0 Å². The van der Waals surface area contributed by atoms with E-state index in [4.69, 9.17) is 15.2 Å². The molecular weight excluding hydrogens is 262 g/mol. The first-order valence-electron chi connectivity index (χ1n) is 7.50. The maximum absolute atomic E-state index is 5.92. The van der Waals surface area contributed by atoms with Crippen LogP contribution in [0.1, 0.15) is 29.9 Å². The summed E-state index contributed by atoms with van der Waals surface area (Å²) < 4.78 is 11.4. The maximum atomic E-state index is 5.92.